The van der Waals surface area contributed by atoms with E-state index < -0.39 is 0 Å². The molecule has 0 aliphatic carbocycles. The summed E-state index contributed by atoms with van der Waals surface area (Å²) in [5.41, 5.74) is 4.22. The van der Waals surface area contributed by atoms with Gasteiger partial charge in [-0.3, -0.25) is 0 Å². The minimum atomic E-state index is -0.195. The summed E-state index contributed by atoms with van der Waals surface area (Å²) in [5, 5.41) is 12.0. The minimum absolute atomic E-state index is 0.195. The molecule has 30 heavy (non-hydrogen) atoms. The monoisotopic (exact) mass is 408 g/mol. The van der Waals surface area contributed by atoms with E-state index in [1.165, 1.54) is 0 Å². The maximum absolute atomic E-state index is 5.61. The summed E-state index contributed by atoms with van der Waals surface area (Å²) < 4.78 is 18.0. The summed E-state index contributed by atoms with van der Waals surface area (Å²) >= 11 is 0. The Morgan fingerprint density at radius 2 is 1.87 bits per heavy atom. The summed E-state index contributed by atoms with van der Waals surface area (Å²) in [4.78, 5) is 9.06. The molecular formula is C21H24N6O3. The van der Waals surface area contributed by atoms with Crippen molar-refractivity contribution in [2.45, 2.75) is 33.7 Å². The molecule has 0 saturated carbocycles. The van der Waals surface area contributed by atoms with Gasteiger partial charge in [0.25, 0.3) is 0 Å². The number of anilines is 1. The molecule has 1 atom stereocenters. The lowest BCUT2D eigenvalue weighted by Gasteiger charge is -2.14. The van der Waals surface area contributed by atoms with Gasteiger partial charge in [0.05, 0.1) is 25.5 Å². The Bertz CT molecular complexity index is 1210. The Hall–Kier alpha value is -3.62. The van der Waals surface area contributed by atoms with Crippen LogP contribution in [0.3, 0.4) is 0 Å². The summed E-state index contributed by atoms with van der Waals surface area (Å²) in [6.45, 7) is 7.65. The van der Waals surface area contributed by atoms with Gasteiger partial charge in [-0.2, -0.15) is 14.6 Å². The summed E-state index contributed by atoms with van der Waals surface area (Å²) in [7, 11) is 3.27. The van der Waals surface area contributed by atoms with Gasteiger partial charge in [-0.1, -0.05) is 5.16 Å². The van der Waals surface area contributed by atoms with Crippen molar-refractivity contribution in [2.75, 3.05) is 19.5 Å². The second kappa shape index (κ2) is 7.66. The van der Waals surface area contributed by atoms with E-state index in [2.05, 4.69) is 15.5 Å². The van der Waals surface area contributed by atoms with Gasteiger partial charge in [0.15, 0.2) is 11.5 Å². The van der Waals surface area contributed by atoms with Crippen molar-refractivity contribution in [1.82, 2.24) is 24.7 Å². The van der Waals surface area contributed by atoms with Gasteiger partial charge in [-0.05, 0) is 39.8 Å². The predicted octanol–water partition coefficient (Wildman–Crippen LogP) is 3.89. The zero-order valence-corrected chi connectivity index (χ0v) is 17.8. The average molecular weight is 408 g/mol. The highest BCUT2D eigenvalue weighted by Crippen LogP contribution is 2.38. The van der Waals surface area contributed by atoms with Gasteiger partial charge in [-0.15, -0.1) is 0 Å². The van der Waals surface area contributed by atoms with Crippen LogP contribution >= 0.6 is 0 Å². The first-order chi connectivity index (χ1) is 14.4. The van der Waals surface area contributed by atoms with Gasteiger partial charge in [0.2, 0.25) is 5.89 Å². The third-order valence-corrected chi connectivity index (χ3v) is 4.85. The molecule has 0 spiro atoms. The molecule has 4 rings (SSSR count). The van der Waals surface area contributed by atoms with Crippen LogP contribution in [0.25, 0.3) is 16.8 Å². The number of aryl methyl sites for hydroxylation is 3. The average Bonchev–Trinajstić information content (AvgIpc) is 3.30. The Morgan fingerprint density at radius 3 is 2.53 bits per heavy atom. The lowest BCUT2D eigenvalue weighted by atomic mass is 10.0. The van der Waals surface area contributed by atoms with Crippen LogP contribution in [-0.2, 0) is 0 Å². The van der Waals surface area contributed by atoms with E-state index in [9.17, 15) is 0 Å². The first-order valence-corrected chi connectivity index (χ1v) is 9.57. The molecule has 0 aliphatic rings. The van der Waals surface area contributed by atoms with Crippen LogP contribution in [0.2, 0.25) is 0 Å². The third-order valence-electron chi connectivity index (χ3n) is 4.85. The molecule has 0 bridgehead atoms. The van der Waals surface area contributed by atoms with E-state index in [0.29, 0.717) is 17.5 Å². The number of hydrogen-bond donors (Lipinski definition) is 1. The van der Waals surface area contributed by atoms with Crippen molar-refractivity contribution in [1.29, 1.82) is 0 Å². The molecule has 3 aromatic heterocycles. The van der Waals surface area contributed by atoms with Crippen LogP contribution < -0.4 is 14.8 Å². The number of nitrogens with zero attached hydrogens (tertiary/aromatic N) is 5. The second-order valence-electron chi connectivity index (χ2n) is 7.09. The SMILES string of the molecule is COc1ccc(-c2c(C)nn3c(NC(C)c4nc(C)no4)cc(C)nc23)c(OC)c1. The molecule has 0 saturated heterocycles. The van der Waals surface area contributed by atoms with Crippen molar-refractivity contribution in [3.05, 3.63) is 47.4 Å². The Kier molecular flexibility index (Phi) is 5.03. The predicted molar refractivity (Wildman–Crippen MR) is 112 cm³/mol. The number of aromatic nitrogens is 5. The van der Waals surface area contributed by atoms with Gasteiger partial charge in [-0.25, -0.2) is 4.98 Å². The Balaban J connectivity index is 1.83. The normalized spacial score (nSPS) is 12.2. The zero-order valence-electron chi connectivity index (χ0n) is 17.8. The van der Waals surface area contributed by atoms with E-state index in [1.807, 2.05) is 45.0 Å². The highest BCUT2D eigenvalue weighted by molar-refractivity contribution is 5.85. The summed E-state index contributed by atoms with van der Waals surface area (Å²) in [5.74, 6) is 3.30. The second-order valence-corrected chi connectivity index (χ2v) is 7.09. The molecule has 1 unspecified atom stereocenters. The maximum Gasteiger partial charge on any atom is 0.248 e. The first kappa shape index (κ1) is 19.7. The van der Waals surface area contributed by atoms with Crippen molar-refractivity contribution < 1.29 is 14.0 Å². The number of fused-ring (bicyclic) bond motifs is 1. The standard InChI is InChI=1S/C21H24N6O3/c1-11-9-18(23-13(3)21-24-14(4)26-30-21)27-20(22-11)19(12(2)25-27)16-8-7-15(28-5)10-17(16)29-6/h7-10,13,23H,1-6H3. The van der Waals surface area contributed by atoms with Gasteiger partial charge < -0.3 is 19.3 Å². The van der Waals surface area contributed by atoms with Crippen molar-refractivity contribution in [3.63, 3.8) is 0 Å². The number of benzene rings is 1. The third kappa shape index (κ3) is 3.42. The summed E-state index contributed by atoms with van der Waals surface area (Å²) in [6, 6.07) is 7.46. The van der Waals surface area contributed by atoms with E-state index in [4.69, 9.17) is 24.1 Å². The molecule has 156 valence electrons. The quantitative estimate of drug-likeness (QED) is 0.513. The maximum atomic E-state index is 5.61. The topological polar surface area (TPSA) is 99.6 Å². The smallest absolute Gasteiger partial charge is 0.248 e. The van der Waals surface area contributed by atoms with Gasteiger partial charge in [0.1, 0.15) is 23.4 Å². The van der Waals surface area contributed by atoms with Crippen LogP contribution in [0.4, 0.5) is 5.82 Å². The highest BCUT2D eigenvalue weighted by Gasteiger charge is 2.21. The number of ether oxygens (including phenoxy) is 2. The van der Waals surface area contributed by atoms with Crippen LogP contribution in [0, 0.1) is 20.8 Å². The lowest BCUT2D eigenvalue weighted by molar-refractivity contribution is 0.364. The molecule has 1 aromatic carbocycles. The largest absolute Gasteiger partial charge is 0.497 e. The molecule has 4 aromatic rings. The van der Waals surface area contributed by atoms with Crippen molar-refractivity contribution in [2.24, 2.45) is 0 Å². The van der Waals surface area contributed by atoms with Gasteiger partial charge >= 0.3 is 0 Å². The molecular weight excluding hydrogens is 384 g/mol. The fraction of sp³-hybridized carbons (Fsp3) is 0.333. The number of hydrogen-bond acceptors (Lipinski definition) is 8. The number of nitrogens with one attached hydrogen (secondary N) is 1. The van der Waals surface area contributed by atoms with Crippen LogP contribution in [0.15, 0.2) is 28.8 Å². The first-order valence-electron chi connectivity index (χ1n) is 9.57. The van der Waals surface area contributed by atoms with Crippen LogP contribution in [0.5, 0.6) is 11.5 Å². The van der Waals surface area contributed by atoms with Crippen LogP contribution in [-0.4, -0.2) is 39.0 Å². The Labute approximate surface area is 174 Å². The molecule has 1 N–H and O–H groups in total. The summed E-state index contributed by atoms with van der Waals surface area (Å²) in [6.07, 6.45) is 0. The highest BCUT2D eigenvalue weighted by atomic mass is 16.5. The number of methoxy groups -OCH3 is 2. The fourth-order valence-corrected chi connectivity index (χ4v) is 3.44. The molecule has 0 aliphatic heterocycles. The van der Waals surface area contributed by atoms with Crippen molar-refractivity contribution >= 4 is 11.5 Å². The molecule has 0 amide bonds. The fourth-order valence-electron chi connectivity index (χ4n) is 3.44. The zero-order chi connectivity index (χ0) is 21.4. The molecule has 0 fully saturated rings. The Morgan fingerprint density at radius 1 is 1.07 bits per heavy atom. The number of rotatable bonds is 6. The van der Waals surface area contributed by atoms with E-state index in [0.717, 1.165) is 39.7 Å². The lowest BCUT2D eigenvalue weighted by Crippen LogP contribution is -2.11. The molecule has 9 nitrogen and oxygen atoms in total. The minimum Gasteiger partial charge on any atom is -0.497 e. The molecule has 9 heteroatoms. The molecule has 0 radical (unpaired) electrons. The van der Waals surface area contributed by atoms with E-state index in [-0.39, 0.29) is 6.04 Å². The van der Waals surface area contributed by atoms with E-state index in [1.54, 1.807) is 25.7 Å². The molecule has 3 heterocycles. The van der Waals surface area contributed by atoms with E-state index >= 15 is 0 Å². The van der Waals surface area contributed by atoms with Gasteiger partial charge in [0, 0.05) is 23.4 Å². The van der Waals surface area contributed by atoms with Crippen LogP contribution in [0.1, 0.15) is 36.1 Å². The van der Waals surface area contributed by atoms with Crippen molar-refractivity contribution in [3.8, 4) is 22.6 Å².